The molecule has 0 spiro atoms. The molecule has 2 aromatic rings. The third-order valence-electron chi connectivity index (χ3n) is 4.92. The van der Waals surface area contributed by atoms with Crippen molar-refractivity contribution in [2.45, 2.75) is 20.4 Å². The topological polar surface area (TPSA) is 135 Å². The second-order valence-electron chi connectivity index (χ2n) is 6.87. The summed E-state index contributed by atoms with van der Waals surface area (Å²) in [7, 11) is 0. The summed E-state index contributed by atoms with van der Waals surface area (Å²) in [6.07, 6.45) is 5.60. The number of aliphatic hydroxyl groups excluding tert-OH is 1. The van der Waals surface area contributed by atoms with E-state index >= 15 is 0 Å². The van der Waals surface area contributed by atoms with Crippen LogP contribution in [-0.4, -0.2) is 56.6 Å². The smallest absolute Gasteiger partial charge is 0.316 e. The number of nitrogens with two attached hydrogens (primary N) is 2. The summed E-state index contributed by atoms with van der Waals surface area (Å²) in [4.78, 5) is 16.4. The minimum Gasteiger partial charge on any atom is -0.394 e. The molecule has 9 nitrogen and oxygen atoms in total. The van der Waals surface area contributed by atoms with Gasteiger partial charge in [-0.3, -0.25) is 0 Å². The number of primary amides is 1. The average Bonchev–Trinajstić information content (AvgIpc) is 3.06. The summed E-state index contributed by atoms with van der Waals surface area (Å²) in [6, 6.07) is 8.86. The number of aromatic nitrogens is 2. The number of nitrogens with zero attached hydrogens (tertiary/aromatic N) is 4. The molecule has 1 aliphatic rings. The molecule has 1 aliphatic carbocycles. The summed E-state index contributed by atoms with van der Waals surface area (Å²) in [5.41, 5.74) is 15.5. The molecule has 31 heavy (non-hydrogen) atoms. The van der Waals surface area contributed by atoms with Crippen LogP contribution < -0.4 is 16.8 Å². The van der Waals surface area contributed by atoms with E-state index in [9.17, 15) is 9.90 Å². The highest BCUT2D eigenvalue weighted by molar-refractivity contribution is 6.21. The molecule has 1 heterocycles. The Kier molecular flexibility index (Phi) is 6.99. The number of rotatable bonds is 7. The van der Waals surface area contributed by atoms with Crippen LogP contribution in [0.3, 0.4) is 0 Å². The fraction of sp³-hybridized carbons (Fsp3) is 0.273. The highest BCUT2D eigenvalue weighted by atomic mass is 16.3. The number of nitrogen functional groups attached to an aromatic ring is 1. The number of allylic oxidation sites excluding steroid dienone is 3. The van der Waals surface area contributed by atoms with Crippen molar-refractivity contribution in [3.63, 3.8) is 0 Å². The SMILES string of the molecule is CC[N+](CC)=C1C=C/C(=N\c2c(-c3ccccc3)nn(CCO)c2N)C(NC(N)=O)=C1. The molecular weight excluding hydrogens is 394 g/mol. The van der Waals surface area contributed by atoms with Crippen LogP contribution in [0.15, 0.2) is 59.2 Å². The number of hydrogen-bond donors (Lipinski definition) is 4. The maximum Gasteiger partial charge on any atom is 0.316 e. The first kappa shape index (κ1) is 22.0. The molecule has 0 atom stereocenters. The highest BCUT2D eigenvalue weighted by Crippen LogP contribution is 2.35. The van der Waals surface area contributed by atoms with Gasteiger partial charge in [-0.05, 0) is 19.9 Å². The molecule has 3 rings (SSSR count). The van der Waals surface area contributed by atoms with Crippen LogP contribution in [0.25, 0.3) is 11.3 Å². The monoisotopic (exact) mass is 422 g/mol. The van der Waals surface area contributed by atoms with Gasteiger partial charge in [0, 0.05) is 17.7 Å². The van der Waals surface area contributed by atoms with Crippen molar-refractivity contribution in [1.82, 2.24) is 15.1 Å². The third-order valence-corrected chi connectivity index (χ3v) is 4.92. The van der Waals surface area contributed by atoms with Crippen LogP contribution in [0.4, 0.5) is 16.3 Å². The number of amides is 2. The summed E-state index contributed by atoms with van der Waals surface area (Å²) in [5.74, 6) is 0.325. The first-order valence-corrected chi connectivity index (χ1v) is 10.2. The van der Waals surface area contributed by atoms with E-state index in [-0.39, 0.29) is 13.2 Å². The molecule has 0 aliphatic heterocycles. The van der Waals surface area contributed by atoms with E-state index in [0.717, 1.165) is 24.4 Å². The fourth-order valence-corrected chi connectivity index (χ4v) is 3.39. The molecule has 1 aromatic carbocycles. The van der Waals surface area contributed by atoms with Gasteiger partial charge in [0.2, 0.25) is 5.71 Å². The Hall–Kier alpha value is -3.72. The molecule has 6 N–H and O–H groups in total. The number of carbonyl (C=O) groups excluding carboxylic acids is 1. The van der Waals surface area contributed by atoms with Crippen LogP contribution >= 0.6 is 0 Å². The van der Waals surface area contributed by atoms with Crippen molar-refractivity contribution in [3.8, 4) is 11.3 Å². The van der Waals surface area contributed by atoms with Crippen LogP contribution in [0.1, 0.15) is 13.8 Å². The van der Waals surface area contributed by atoms with Gasteiger partial charge in [0.15, 0.2) is 0 Å². The van der Waals surface area contributed by atoms with E-state index in [2.05, 4.69) is 28.8 Å². The Morgan fingerprint density at radius 2 is 1.94 bits per heavy atom. The molecule has 9 heteroatoms. The molecule has 0 saturated heterocycles. The van der Waals surface area contributed by atoms with Crippen LogP contribution in [0.5, 0.6) is 0 Å². The Balaban J connectivity index is 2.15. The fourth-order valence-electron chi connectivity index (χ4n) is 3.39. The predicted octanol–water partition coefficient (Wildman–Crippen LogP) is 1.81. The molecule has 162 valence electrons. The average molecular weight is 423 g/mol. The van der Waals surface area contributed by atoms with Crippen molar-refractivity contribution in [2.24, 2.45) is 10.7 Å². The zero-order chi connectivity index (χ0) is 22.4. The first-order valence-electron chi connectivity index (χ1n) is 10.2. The lowest BCUT2D eigenvalue weighted by Gasteiger charge is -2.13. The largest absolute Gasteiger partial charge is 0.394 e. The van der Waals surface area contributed by atoms with Crippen molar-refractivity contribution in [3.05, 3.63) is 54.3 Å². The van der Waals surface area contributed by atoms with Gasteiger partial charge in [-0.2, -0.15) is 5.10 Å². The van der Waals surface area contributed by atoms with Gasteiger partial charge in [-0.1, -0.05) is 30.3 Å². The van der Waals surface area contributed by atoms with E-state index < -0.39 is 6.03 Å². The number of aliphatic hydroxyl groups is 1. The van der Waals surface area contributed by atoms with Crippen molar-refractivity contribution >= 4 is 29.0 Å². The quantitative estimate of drug-likeness (QED) is 0.400. The van der Waals surface area contributed by atoms with Gasteiger partial charge >= 0.3 is 6.03 Å². The van der Waals surface area contributed by atoms with Crippen molar-refractivity contribution < 1.29 is 14.5 Å². The Morgan fingerprint density at radius 1 is 1.23 bits per heavy atom. The van der Waals surface area contributed by atoms with Gasteiger partial charge in [-0.25, -0.2) is 19.0 Å². The maximum atomic E-state index is 11.6. The maximum absolute atomic E-state index is 11.6. The standard InChI is InChI=1S/C22H27N7O2/c1-3-28(4-2)16-10-11-17(18(14-16)26-22(24)31)25-20-19(15-8-6-5-7-9-15)27-29(12-13-30)21(20)23/h5-11,14,30H,3-4,12-13H2,1-2H3,(H4,23,24,26,27,31)/p+1. The first-order chi connectivity index (χ1) is 15.0. The molecule has 0 saturated carbocycles. The van der Waals surface area contributed by atoms with Gasteiger partial charge in [0.25, 0.3) is 0 Å². The lowest BCUT2D eigenvalue weighted by molar-refractivity contribution is -0.519. The van der Waals surface area contributed by atoms with Gasteiger partial charge in [0.1, 0.15) is 30.3 Å². The lowest BCUT2D eigenvalue weighted by Crippen LogP contribution is -2.34. The Morgan fingerprint density at radius 3 is 2.55 bits per heavy atom. The predicted molar refractivity (Wildman–Crippen MR) is 123 cm³/mol. The Bertz CT molecular complexity index is 1070. The van der Waals surface area contributed by atoms with Gasteiger partial charge in [0.05, 0.1) is 24.6 Å². The number of anilines is 1. The lowest BCUT2D eigenvalue weighted by atomic mass is 10.1. The summed E-state index contributed by atoms with van der Waals surface area (Å²) < 4.78 is 3.67. The van der Waals surface area contributed by atoms with E-state index in [0.29, 0.717) is 28.6 Å². The van der Waals surface area contributed by atoms with Gasteiger partial charge < -0.3 is 21.9 Å². The molecule has 0 bridgehead atoms. The third kappa shape index (κ3) is 4.89. The molecule has 0 radical (unpaired) electrons. The second-order valence-corrected chi connectivity index (χ2v) is 6.87. The second kappa shape index (κ2) is 9.86. The highest BCUT2D eigenvalue weighted by Gasteiger charge is 2.21. The van der Waals surface area contributed by atoms with Gasteiger partial charge in [-0.15, -0.1) is 0 Å². The summed E-state index contributed by atoms with van der Waals surface area (Å²) in [5, 5.41) is 16.6. The van der Waals surface area contributed by atoms with Crippen molar-refractivity contribution in [1.29, 1.82) is 0 Å². The number of carbonyl (C=O) groups is 1. The van der Waals surface area contributed by atoms with E-state index in [1.807, 2.05) is 48.6 Å². The zero-order valence-electron chi connectivity index (χ0n) is 17.7. The normalized spacial score (nSPS) is 14.6. The van der Waals surface area contributed by atoms with Crippen LogP contribution in [-0.2, 0) is 6.54 Å². The number of benzene rings is 1. The van der Waals surface area contributed by atoms with E-state index in [1.165, 1.54) is 4.68 Å². The number of aliphatic imine (C=N–C) groups is 1. The number of urea groups is 1. The molecule has 1 aromatic heterocycles. The number of nitrogens with one attached hydrogen (secondary N) is 1. The van der Waals surface area contributed by atoms with E-state index in [1.54, 1.807) is 0 Å². The molecule has 0 unspecified atom stereocenters. The zero-order valence-corrected chi connectivity index (χ0v) is 17.7. The number of hydrogen-bond acceptors (Lipinski definition) is 5. The van der Waals surface area contributed by atoms with Crippen molar-refractivity contribution in [2.75, 3.05) is 25.4 Å². The van der Waals surface area contributed by atoms with Crippen LogP contribution in [0.2, 0.25) is 0 Å². The summed E-state index contributed by atoms with van der Waals surface area (Å²) >= 11 is 0. The summed E-state index contributed by atoms with van der Waals surface area (Å²) in [6.45, 7) is 5.90. The minimum atomic E-state index is -0.680. The van der Waals surface area contributed by atoms with E-state index in [4.69, 9.17) is 16.5 Å². The molecular formula is C22H28N7O2+. The van der Waals surface area contributed by atoms with Crippen LogP contribution in [0, 0.1) is 0 Å². The Labute approximate surface area is 181 Å². The molecule has 2 amide bonds. The minimum absolute atomic E-state index is 0.105. The molecule has 0 fully saturated rings.